The molecule has 0 unspecified atom stereocenters. The first kappa shape index (κ1) is 16.2. The minimum absolute atomic E-state index is 0.0445. The summed E-state index contributed by atoms with van der Waals surface area (Å²) < 4.78 is 0.823. The molecule has 0 saturated carbocycles. The molecular formula is C17H17BrN2O2. The Kier molecular flexibility index (Phi) is 5.72. The van der Waals surface area contributed by atoms with Crippen LogP contribution in [0.15, 0.2) is 53.0 Å². The third-order valence-corrected chi connectivity index (χ3v) is 3.56. The first-order valence-corrected chi connectivity index (χ1v) is 7.70. The van der Waals surface area contributed by atoms with Gasteiger partial charge in [-0.05, 0) is 30.7 Å². The van der Waals surface area contributed by atoms with Gasteiger partial charge in [0.05, 0.1) is 6.54 Å². The second-order valence-electron chi connectivity index (χ2n) is 4.96. The zero-order valence-electron chi connectivity index (χ0n) is 12.2. The molecule has 5 heteroatoms. The maximum Gasteiger partial charge on any atom is 0.251 e. The van der Waals surface area contributed by atoms with Crippen LogP contribution in [0.1, 0.15) is 21.5 Å². The van der Waals surface area contributed by atoms with E-state index in [1.165, 1.54) is 0 Å². The summed E-state index contributed by atoms with van der Waals surface area (Å²) in [6.45, 7) is 2.41. The van der Waals surface area contributed by atoms with E-state index in [2.05, 4.69) is 26.6 Å². The van der Waals surface area contributed by atoms with Crippen LogP contribution in [0.2, 0.25) is 0 Å². The summed E-state index contributed by atoms with van der Waals surface area (Å²) in [5.41, 5.74) is 2.70. The van der Waals surface area contributed by atoms with Gasteiger partial charge in [0.1, 0.15) is 0 Å². The summed E-state index contributed by atoms with van der Waals surface area (Å²) in [5, 5.41) is 5.38. The summed E-state index contributed by atoms with van der Waals surface area (Å²) in [6, 6.07) is 14.9. The van der Waals surface area contributed by atoms with Crippen molar-refractivity contribution in [3.63, 3.8) is 0 Å². The Balaban J connectivity index is 1.79. The van der Waals surface area contributed by atoms with Crippen molar-refractivity contribution in [3.8, 4) is 0 Å². The average Bonchev–Trinajstić information content (AvgIpc) is 2.50. The molecular weight excluding hydrogens is 344 g/mol. The molecule has 2 rings (SSSR count). The zero-order chi connectivity index (χ0) is 15.9. The molecule has 2 aromatic rings. The number of amides is 2. The second kappa shape index (κ2) is 7.75. The highest BCUT2D eigenvalue weighted by Crippen LogP contribution is 2.11. The van der Waals surface area contributed by atoms with Crippen molar-refractivity contribution >= 4 is 27.7 Å². The molecule has 0 aliphatic heterocycles. The predicted octanol–water partition coefficient (Wildman–Crippen LogP) is 2.80. The third kappa shape index (κ3) is 5.00. The number of halogens is 1. The monoisotopic (exact) mass is 360 g/mol. The van der Waals surface area contributed by atoms with Gasteiger partial charge >= 0.3 is 0 Å². The molecule has 114 valence electrons. The lowest BCUT2D eigenvalue weighted by Gasteiger charge is -2.08. The fourth-order valence-corrected chi connectivity index (χ4v) is 2.38. The molecule has 4 nitrogen and oxygen atoms in total. The highest BCUT2D eigenvalue weighted by molar-refractivity contribution is 9.10. The van der Waals surface area contributed by atoms with E-state index in [1.807, 2.05) is 37.3 Å². The molecule has 0 bridgehead atoms. The molecule has 2 aromatic carbocycles. The lowest BCUT2D eigenvalue weighted by molar-refractivity contribution is -0.120. The van der Waals surface area contributed by atoms with Gasteiger partial charge in [-0.25, -0.2) is 0 Å². The molecule has 0 aliphatic rings. The Bertz CT molecular complexity index is 686. The van der Waals surface area contributed by atoms with Crippen LogP contribution in [0.4, 0.5) is 0 Å². The largest absolute Gasteiger partial charge is 0.350 e. The van der Waals surface area contributed by atoms with Gasteiger partial charge in [0.2, 0.25) is 5.91 Å². The predicted molar refractivity (Wildman–Crippen MR) is 89.5 cm³/mol. The van der Waals surface area contributed by atoms with E-state index in [0.717, 1.165) is 15.6 Å². The molecule has 0 heterocycles. The Labute approximate surface area is 138 Å². The van der Waals surface area contributed by atoms with Gasteiger partial charge in [-0.2, -0.15) is 0 Å². The number of aryl methyl sites for hydroxylation is 1. The van der Waals surface area contributed by atoms with Gasteiger partial charge < -0.3 is 10.6 Å². The molecule has 0 atom stereocenters. The number of hydrogen-bond acceptors (Lipinski definition) is 2. The SMILES string of the molecule is Cc1cccc(CNC(=O)CNC(=O)c2cccc(Br)c2)c1. The molecule has 0 aliphatic carbocycles. The summed E-state index contributed by atoms with van der Waals surface area (Å²) >= 11 is 3.31. The van der Waals surface area contributed by atoms with Gasteiger partial charge in [0.25, 0.3) is 5.91 Å². The van der Waals surface area contributed by atoms with Crippen LogP contribution in [0.3, 0.4) is 0 Å². The Hall–Kier alpha value is -2.14. The van der Waals surface area contributed by atoms with Crippen LogP contribution in [0, 0.1) is 6.92 Å². The fourth-order valence-electron chi connectivity index (χ4n) is 1.98. The topological polar surface area (TPSA) is 58.2 Å². The number of carbonyl (C=O) groups is 2. The normalized spacial score (nSPS) is 10.1. The smallest absolute Gasteiger partial charge is 0.251 e. The van der Waals surface area contributed by atoms with Crippen LogP contribution < -0.4 is 10.6 Å². The van der Waals surface area contributed by atoms with E-state index in [4.69, 9.17) is 0 Å². The molecule has 0 fully saturated rings. The van der Waals surface area contributed by atoms with Crippen molar-refractivity contribution < 1.29 is 9.59 Å². The van der Waals surface area contributed by atoms with Gasteiger partial charge in [0, 0.05) is 16.6 Å². The van der Waals surface area contributed by atoms with Gasteiger partial charge in [-0.1, -0.05) is 51.8 Å². The van der Waals surface area contributed by atoms with E-state index in [9.17, 15) is 9.59 Å². The second-order valence-corrected chi connectivity index (χ2v) is 5.87. The van der Waals surface area contributed by atoms with Crippen LogP contribution in [-0.4, -0.2) is 18.4 Å². The minimum atomic E-state index is -0.271. The van der Waals surface area contributed by atoms with Gasteiger partial charge in [-0.15, -0.1) is 0 Å². The summed E-state index contributed by atoms with van der Waals surface area (Å²) in [7, 11) is 0. The molecule has 22 heavy (non-hydrogen) atoms. The van der Waals surface area contributed by atoms with Crippen molar-refractivity contribution in [2.45, 2.75) is 13.5 Å². The summed E-state index contributed by atoms with van der Waals surface area (Å²) in [5.74, 6) is -0.489. The fraction of sp³-hybridized carbons (Fsp3) is 0.176. The number of nitrogens with one attached hydrogen (secondary N) is 2. The van der Waals surface area contributed by atoms with Crippen molar-refractivity contribution in [3.05, 3.63) is 69.7 Å². The lowest BCUT2D eigenvalue weighted by Crippen LogP contribution is -2.36. The van der Waals surface area contributed by atoms with Crippen molar-refractivity contribution in [1.29, 1.82) is 0 Å². The van der Waals surface area contributed by atoms with E-state index in [-0.39, 0.29) is 18.4 Å². The first-order valence-electron chi connectivity index (χ1n) is 6.90. The van der Waals surface area contributed by atoms with Crippen LogP contribution in [0.5, 0.6) is 0 Å². The molecule has 0 spiro atoms. The number of hydrogen-bond donors (Lipinski definition) is 2. The number of benzene rings is 2. The molecule has 0 aromatic heterocycles. The van der Waals surface area contributed by atoms with Crippen molar-refractivity contribution in [2.24, 2.45) is 0 Å². The quantitative estimate of drug-likeness (QED) is 0.861. The highest BCUT2D eigenvalue weighted by Gasteiger charge is 2.08. The maximum atomic E-state index is 11.9. The van der Waals surface area contributed by atoms with Gasteiger partial charge in [-0.3, -0.25) is 9.59 Å². The van der Waals surface area contributed by atoms with E-state index >= 15 is 0 Å². The van der Waals surface area contributed by atoms with Gasteiger partial charge in [0.15, 0.2) is 0 Å². The lowest BCUT2D eigenvalue weighted by atomic mass is 10.1. The zero-order valence-corrected chi connectivity index (χ0v) is 13.8. The van der Waals surface area contributed by atoms with Crippen LogP contribution in [0.25, 0.3) is 0 Å². The Morgan fingerprint density at radius 2 is 1.82 bits per heavy atom. The molecule has 0 saturated heterocycles. The first-order chi connectivity index (χ1) is 10.5. The average molecular weight is 361 g/mol. The van der Waals surface area contributed by atoms with Crippen molar-refractivity contribution in [1.82, 2.24) is 10.6 Å². The molecule has 0 radical (unpaired) electrons. The molecule has 2 N–H and O–H groups in total. The Morgan fingerprint density at radius 3 is 2.55 bits per heavy atom. The number of carbonyl (C=O) groups excluding carboxylic acids is 2. The van der Waals surface area contributed by atoms with Crippen LogP contribution in [-0.2, 0) is 11.3 Å². The number of rotatable bonds is 5. The maximum absolute atomic E-state index is 11.9. The standard InChI is InChI=1S/C17H17BrN2O2/c1-12-4-2-5-13(8-12)10-19-16(21)11-20-17(22)14-6-3-7-15(18)9-14/h2-9H,10-11H2,1H3,(H,19,21)(H,20,22). The third-order valence-electron chi connectivity index (χ3n) is 3.07. The highest BCUT2D eigenvalue weighted by atomic mass is 79.9. The minimum Gasteiger partial charge on any atom is -0.350 e. The van der Waals surface area contributed by atoms with E-state index in [1.54, 1.807) is 18.2 Å². The summed E-state index contributed by atoms with van der Waals surface area (Å²) in [6.07, 6.45) is 0. The van der Waals surface area contributed by atoms with E-state index in [0.29, 0.717) is 12.1 Å². The van der Waals surface area contributed by atoms with E-state index < -0.39 is 0 Å². The summed E-state index contributed by atoms with van der Waals surface area (Å²) in [4.78, 5) is 23.7. The van der Waals surface area contributed by atoms with Crippen LogP contribution >= 0.6 is 15.9 Å². The Morgan fingerprint density at radius 1 is 1.05 bits per heavy atom. The molecule has 2 amide bonds. The van der Waals surface area contributed by atoms with Crippen molar-refractivity contribution in [2.75, 3.05) is 6.54 Å².